The van der Waals surface area contributed by atoms with Gasteiger partial charge in [0.25, 0.3) is 5.91 Å². The molecule has 0 bridgehead atoms. The van der Waals surface area contributed by atoms with E-state index in [1.54, 1.807) is 13.8 Å². The van der Waals surface area contributed by atoms with Gasteiger partial charge >= 0.3 is 5.97 Å². The summed E-state index contributed by atoms with van der Waals surface area (Å²) in [6.45, 7) is 3.48. The average Bonchev–Trinajstić information content (AvgIpc) is 2.27. The summed E-state index contributed by atoms with van der Waals surface area (Å²) in [5.74, 6) is -1.54. The van der Waals surface area contributed by atoms with Crippen LogP contribution in [-0.2, 0) is 4.79 Å². The van der Waals surface area contributed by atoms with Crippen LogP contribution in [0.1, 0.15) is 35.8 Å². The smallest absolute Gasteiger partial charge is 0.305 e. The number of pyridine rings is 1. The lowest BCUT2D eigenvalue weighted by Gasteiger charge is -2.14. The highest BCUT2D eigenvalue weighted by Crippen LogP contribution is 2.00. The molecule has 18 heavy (non-hydrogen) atoms. The van der Waals surface area contributed by atoms with Gasteiger partial charge in [0.15, 0.2) is 5.43 Å². The maximum absolute atomic E-state index is 11.8. The molecule has 0 aliphatic rings. The molecule has 1 rings (SSSR count). The zero-order valence-corrected chi connectivity index (χ0v) is 10.3. The number of carbonyl (C=O) groups is 2. The Morgan fingerprint density at radius 1 is 1.50 bits per heavy atom. The van der Waals surface area contributed by atoms with Crippen molar-refractivity contribution in [2.24, 2.45) is 0 Å². The fourth-order valence-electron chi connectivity index (χ4n) is 1.52. The number of nitrogens with one attached hydrogen (secondary N) is 2. The predicted octanol–water partition coefficient (Wildman–Crippen LogP) is 0.666. The van der Waals surface area contributed by atoms with Crippen molar-refractivity contribution in [3.63, 3.8) is 0 Å². The van der Waals surface area contributed by atoms with E-state index in [9.17, 15) is 14.4 Å². The Morgan fingerprint density at radius 2 is 2.17 bits per heavy atom. The van der Waals surface area contributed by atoms with Gasteiger partial charge in [0, 0.05) is 24.0 Å². The maximum atomic E-state index is 11.8. The molecule has 0 aliphatic heterocycles. The number of carboxylic acid groups (broad SMARTS) is 1. The normalized spacial score (nSPS) is 11.9. The number of hydrogen-bond donors (Lipinski definition) is 3. The summed E-state index contributed by atoms with van der Waals surface area (Å²) < 4.78 is 0. The van der Waals surface area contributed by atoms with Gasteiger partial charge in [-0.25, -0.2) is 0 Å². The van der Waals surface area contributed by atoms with E-state index in [1.807, 2.05) is 0 Å². The molecule has 6 heteroatoms. The van der Waals surface area contributed by atoms with Crippen LogP contribution in [0.25, 0.3) is 0 Å². The molecule has 1 atom stereocenters. The third-order valence-electron chi connectivity index (χ3n) is 2.55. The van der Waals surface area contributed by atoms with Crippen LogP contribution in [0.3, 0.4) is 0 Å². The number of aromatic nitrogens is 1. The van der Waals surface area contributed by atoms with Crippen molar-refractivity contribution in [2.75, 3.05) is 0 Å². The topological polar surface area (TPSA) is 99.3 Å². The number of rotatable bonds is 5. The molecule has 0 aromatic carbocycles. The summed E-state index contributed by atoms with van der Waals surface area (Å²) in [6.07, 6.45) is 1.66. The van der Waals surface area contributed by atoms with Crippen LogP contribution in [0.5, 0.6) is 0 Å². The van der Waals surface area contributed by atoms with Crippen molar-refractivity contribution in [1.29, 1.82) is 0 Å². The summed E-state index contributed by atoms with van der Waals surface area (Å²) >= 11 is 0. The van der Waals surface area contributed by atoms with Gasteiger partial charge in [-0.3, -0.25) is 14.4 Å². The Bertz CT molecular complexity index is 507. The standard InChI is InChI=1S/C12H16N2O4/c1-3-8(5-11(16)17)14-12(18)9-6-13-7(2)4-10(9)15/h4,6,8H,3,5H2,1-2H3,(H,13,15)(H,14,18)(H,16,17). The summed E-state index contributed by atoms with van der Waals surface area (Å²) in [5.41, 5.74) is 0.271. The number of carbonyl (C=O) groups excluding carboxylic acids is 1. The minimum absolute atomic E-state index is 0.00978. The third kappa shape index (κ3) is 3.73. The van der Waals surface area contributed by atoms with Gasteiger partial charge in [-0.15, -0.1) is 0 Å². The molecule has 1 amide bonds. The second-order valence-electron chi connectivity index (χ2n) is 4.07. The minimum atomic E-state index is -0.986. The second kappa shape index (κ2) is 6.00. The van der Waals surface area contributed by atoms with E-state index in [0.29, 0.717) is 12.1 Å². The number of H-pyrrole nitrogens is 1. The van der Waals surface area contributed by atoms with Crippen molar-refractivity contribution >= 4 is 11.9 Å². The Morgan fingerprint density at radius 3 is 2.67 bits per heavy atom. The Hall–Kier alpha value is -2.11. The van der Waals surface area contributed by atoms with Crippen LogP contribution in [-0.4, -0.2) is 28.0 Å². The summed E-state index contributed by atoms with van der Waals surface area (Å²) in [7, 11) is 0. The van der Waals surface area contributed by atoms with Crippen molar-refractivity contribution < 1.29 is 14.7 Å². The highest BCUT2D eigenvalue weighted by atomic mass is 16.4. The summed E-state index contributed by atoms with van der Waals surface area (Å²) in [6, 6.07) is 0.850. The molecule has 0 fully saturated rings. The Kier molecular flexibility index (Phi) is 4.65. The molecule has 0 aliphatic carbocycles. The maximum Gasteiger partial charge on any atom is 0.305 e. The molecular weight excluding hydrogens is 236 g/mol. The molecule has 6 nitrogen and oxygen atoms in total. The second-order valence-corrected chi connectivity index (χ2v) is 4.07. The van der Waals surface area contributed by atoms with Crippen molar-refractivity contribution in [2.45, 2.75) is 32.7 Å². The zero-order chi connectivity index (χ0) is 13.7. The predicted molar refractivity (Wildman–Crippen MR) is 65.6 cm³/mol. The van der Waals surface area contributed by atoms with Gasteiger partial charge in [0.2, 0.25) is 0 Å². The van der Waals surface area contributed by atoms with Crippen LogP contribution in [0.2, 0.25) is 0 Å². The molecule has 0 radical (unpaired) electrons. The van der Waals surface area contributed by atoms with E-state index in [2.05, 4.69) is 10.3 Å². The highest BCUT2D eigenvalue weighted by molar-refractivity contribution is 5.94. The first-order valence-electron chi connectivity index (χ1n) is 5.66. The SMILES string of the molecule is CCC(CC(=O)O)NC(=O)c1c[nH]c(C)cc1=O. The molecule has 1 aromatic heterocycles. The molecule has 0 spiro atoms. The van der Waals surface area contributed by atoms with Crippen LogP contribution >= 0.6 is 0 Å². The van der Waals surface area contributed by atoms with Gasteiger partial charge in [-0.05, 0) is 13.3 Å². The molecule has 0 saturated carbocycles. The van der Waals surface area contributed by atoms with E-state index >= 15 is 0 Å². The number of aryl methyl sites for hydroxylation is 1. The molecule has 1 unspecified atom stereocenters. The summed E-state index contributed by atoms with van der Waals surface area (Å²) in [5, 5.41) is 11.2. The van der Waals surface area contributed by atoms with Gasteiger partial charge in [0.1, 0.15) is 5.56 Å². The molecular formula is C12H16N2O4. The van der Waals surface area contributed by atoms with Crippen LogP contribution in [0.15, 0.2) is 17.1 Å². The third-order valence-corrected chi connectivity index (χ3v) is 2.55. The first-order valence-corrected chi connectivity index (χ1v) is 5.66. The number of carboxylic acids is 1. The quantitative estimate of drug-likeness (QED) is 0.717. The van der Waals surface area contributed by atoms with Gasteiger partial charge in [-0.2, -0.15) is 0 Å². The van der Waals surface area contributed by atoms with Crippen LogP contribution < -0.4 is 10.7 Å². The molecule has 3 N–H and O–H groups in total. The van der Waals surface area contributed by atoms with Gasteiger partial charge in [0.05, 0.1) is 6.42 Å². The largest absolute Gasteiger partial charge is 0.481 e. The molecule has 1 aromatic rings. The van der Waals surface area contributed by atoms with Crippen LogP contribution in [0.4, 0.5) is 0 Å². The van der Waals surface area contributed by atoms with E-state index in [0.717, 1.165) is 0 Å². The Balaban J connectivity index is 2.81. The number of aromatic amines is 1. The van der Waals surface area contributed by atoms with Gasteiger partial charge in [-0.1, -0.05) is 6.92 Å². The monoisotopic (exact) mass is 252 g/mol. The van der Waals surface area contributed by atoms with Gasteiger partial charge < -0.3 is 15.4 Å². The zero-order valence-electron chi connectivity index (χ0n) is 10.3. The lowest BCUT2D eigenvalue weighted by Crippen LogP contribution is -2.38. The first kappa shape index (κ1) is 14.0. The van der Waals surface area contributed by atoms with E-state index < -0.39 is 17.9 Å². The highest BCUT2D eigenvalue weighted by Gasteiger charge is 2.17. The minimum Gasteiger partial charge on any atom is -0.481 e. The number of amides is 1. The Labute approximate surface area is 104 Å². The number of aliphatic carboxylic acids is 1. The van der Waals surface area contributed by atoms with E-state index in [-0.39, 0.29) is 17.4 Å². The lowest BCUT2D eigenvalue weighted by molar-refractivity contribution is -0.137. The molecule has 98 valence electrons. The van der Waals surface area contributed by atoms with Crippen molar-refractivity contribution in [3.05, 3.63) is 33.7 Å². The number of hydrogen-bond acceptors (Lipinski definition) is 3. The van der Waals surface area contributed by atoms with Crippen molar-refractivity contribution in [1.82, 2.24) is 10.3 Å². The average molecular weight is 252 g/mol. The fraction of sp³-hybridized carbons (Fsp3) is 0.417. The fourth-order valence-corrected chi connectivity index (χ4v) is 1.52. The van der Waals surface area contributed by atoms with E-state index in [1.165, 1.54) is 12.3 Å². The summed E-state index contributed by atoms with van der Waals surface area (Å²) in [4.78, 5) is 36.7. The van der Waals surface area contributed by atoms with Crippen LogP contribution in [0, 0.1) is 6.92 Å². The molecule has 1 heterocycles. The van der Waals surface area contributed by atoms with E-state index in [4.69, 9.17) is 5.11 Å². The lowest BCUT2D eigenvalue weighted by atomic mass is 10.1. The first-order chi connectivity index (χ1) is 8.43. The van der Waals surface area contributed by atoms with Crippen molar-refractivity contribution in [3.8, 4) is 0 Å². The molecule has 0 saturated heterocycles.